The number of para-hydroxylation sites is 2. The van der Waals surface area contributed by atoms with E-state index in [-0.39, 0.29) is 36.8 Å². The third kappa shape index (κ3) is 3.48. The topological polar surface area (TPSA) is 58.1 Å². The summed E-state index contributed by atoms with van der Waals surface area (Å²) in [6, 6.07) is 8.04. The van der Waals surface area contributed by atoms with Crippen molar-refractivity contribution >= 4 is 41.8 Å². The summed E-state index contributed by atoms with van der Waals surface area (Å²) in [5.74, 6) is -0.0379. The van der Waals surface area contributed by atoms with Gasteiger partial charge in [0.2, 0.25) is 0 Å². The van der Waals surface area contributed by atoms with Crippen molar-refractivity contribution in [2.45, 2.75) is 25.9 Å². The highest BCUT2D eigenvalue weighted by Crippen LogP contribution is 2.14. The Balaban J connectivity index is 0.00000121. The van der Waals surface area contributed by atoms with E-state index in [1.807, 2.05) is 29.2 Å². The fraction of sp³-hybridized carbons (Fsp3) is 0.400. The van der Waals surface area contributed by atoms with Crippen LogP contribution < -0.4 is 5.32 Å². The summed E-state index contributed by atoms with van der Waals surface area (Å²) in [6.07, 6.45) is 1.57. The first-order valence-corrected chi connectivity index (χ1v) is 6.93. The molecule has 0 radical (unpaired) electrons. The number of benzene rings is 1. The molecule has 1 amide bonds. The molecule has 5 nitrogen and oxygen atoms in total. The van der Waals surface area contributed by atoms with E-state index in [2.05, 4.69) is 29.1 Å². The van der Waals surface area contributed by atoms with E-state index >= 15 is 0 Å². The lowest BCUT2D eigenvalue weighted by molar-refractivity contribution is 0.0597. The van der Waals surface area contributed by atoms with Crippen LogP contribution in [-0.2, 0) is 0 Å². The molecule has 2 aromatic rings. The third-order valence-electron chi connectivity index (χ3n) is 3.96. The van der Waals surface area contributed by atoms with E-state index in [1.165, 1.54) is 0 Å². The molecule has 1 N–H and O–H groups in total. The molecule has 1 aromatic carbocycles. The van der Waals surface area contributed by atoms with Gasteiger partial charge in [-0.2, -0.15) is 0 Å². The minimum absolute atomic E-state index is 0. The number of amides is 1. The normalized spacial score (nSPS) is 20.9. The molecular weight excluding hydrogens is 323 g/mol. The van der Waals surface area contributed by atoms with Crippen molar-refractivity contribution in [2.75, 3.05) is 13.1 Å². The molecule has 0 aliphatic carbocycles. The van der Waals surface area contributed by atoms with Crippen molar-refractivity contribution in [3.63, 3.8) is 0 Å². The molecule has 3 rings (SSSR count). The zero-order valence-corrected chi connectivity index (χ0v) is 14.2. The second-order valence-corrected chi connectivity index (χ2v) is 5.23. The highest BCUT2D eigenvalue weighted by Gasteiger charge is 2.29. The van der Waals surface area contributed by atoms with Crippen LogP contribution in [-0.4, -0.2) is 45.9 Å². The van der Waals surface area contributed by atoms with Crippen LogP contribution in [0.5, 0.6) is 0 Å². The van der Waals surface area contributed by atoms with E-state index in [9.17, 15) is 4.79 Å². The Morgan fingerprint density at radius 3 is 2.64 bits per heavy atom. The molecule has 0 saturated carbocycles. The molecule has 22 heavy (non-hydrogen) atoms. The van der Waals surface area contributed by atoms with Crippen molar-refractivity contribution in [1.82, 2.24) is 20.2 Å². The first-order chi connectivity index (χ1) is 9.66. The maximum atomic E-state index is 12.6. The fourth-order valence-electron chi connectivity index (χ4n) is 2.55. The molecule has 0 spiro atoms. The molecule has 1 aromatic heterocycles. The zero-order chi connectivity index (χ0) is 14.1. The van der Waals surface area contributed by atoms with Crippen LogP contribution in [0, 0.1) is 0 Å². The number of fused-ring (bicyclic) bond motifs is 1. The van der Waals surface area contributed by atoms with Crippen LogP contribution in [0.15, 0.2) is 30.5 Å². The maximum absolute atomic E-state index is 12.6. The SMILES string of the molecule is CC1NCCN(C(=O)c2cnc3ccccc3n2)C1C.Cl.Cl. The Morgan fingerprint density at radius 1 is 1.23 bits per heavy atom. The largest absolute Gasteiger partial charge is 0.332 e. The number of carbonyl (C=O) groups is 1. The van der Waals surface area contributed by atoms with Gasteiger partial charge in [-0.15, -0.1) is 24.8 Å². The first-order valence-electron chi connectivity index (χ1n) is 6.93. The Labute approximate surface area is 142 Å². The number of rotatable bonds is 1. The minimum Gasteiger partial charge on any atom is -0.332 e. The number of nitrogens with zero attached hydrogens (tertiary/aromatic N) is 3. The Hall–Kier alpha value is -1.43. The second-order valence-electron chi connectivity index (χ2n) is 5.23. The highest BCUT2D eigenvalue weighted by atomic mass is 35.5. The predicted octanol–water partition coefficient (Wildman–Crippen LogP) is 2.30. The summed E-state index contributed by atoms with van der Waals surface area (Å²) >= 11 is 0. The Morgan fingerprint density at radius 2 is 1.91 bits per heavy atom. The van der Waals surface area contributed by atoms with Crippen LogP contribution >= 0.6 is 24.8 Å². The summed E-state index contributed by atoms with van der Waals surface area (Å²) in [5, 5.41) is 3.37. The molecule has 1 fully saturated rings. The maximum Gasteiger partial charge on any atom is 0.274 e. The minimum atomic E-state index is -0.0379. The summed E-state index contributed by atoms with van der Waals surface area (Å²) in [5.41, 5.74) is 1.99. The van der Waals surface area contributed by atoms with Gasteiger partial charge in [-0.05, 0) is 26.0 Å². The lowest BCUT2D eigenvalue weighted by atomic mass is 10.1. The smallest absolute Gasteiger partial charge is 0.274 e. The zero-order valence-electron chi connectivity index (χ0n) is 12.5. The van der Waals surface area contributed by atoms with E-state index < -0.39 is 0 Å². The molecule has 1 saturated heterocycles. The molecule has 2 atom stereocenters. The van der Waals surface area contributed by atoms with Gasteiger partial charge in [0, 0.05) is 25.2 Å². The van der Waals surface area contributed by atoms with Gasteiger partial charge < -0.3 is 10.2 Å². The standard InChI is InChI=1S/C15H18N4O.2ClH/c1-10-11(2)19(8-7-16-10)15(20)14-9-17-12-5-3-4-6-13(12)18-14;;/h3-6,9-11,16H,7-8H2,1-2H3;2*1H. The number of nitrogens with one attached hydrogen (secondary N) is 1. The summed E-state index contributed by atoms with van der Waals surface area (Å²) < 4.78 is 0. The molecule has 120 valence electrons. The van der Waals surface area contributed by atoms with Crippen molar-refractivity contribution < 1.29 is 4.79 Å². The van der Waals surface area contributed by atoms with Gasteiger partial charge in [-0.1, -0.05) is 12.1 Å². The third-order valence-corrected chi connectivity index (χ3v) is 3.96. The molecule has 1 aliphatic rings. The second kappa shape index (κ2) is 7.72. The lowest BCUT2D eigenvalue weighted by Gasteiger charge is -2.38. The average Bonchev–Trinajstić information content (AvgIpc) is 2.49. The molecular formula is C15H20Cl2N4O. The molecule has 1 aliphatic heterocycles. The number of hydrogen-bond donors (Lipinski definition) is 1. The van der Waals surface area contributed by atoms with E-state index in [0.29, 0.717) is 18.3 Å². The molecule has 2 unspecified atom stereocenters. The number of halogens is 2. The van der Waals surface area contributed by atoms with Crippen LogP contribution in [0.2, 0.25) is 0 Å². The summed E-state index contributed by atoms with van der Waals surface area (Å²) in [7, 11) is 0. The van der Waals surface area contributed by atoms with Gasteiger partial charge in [0.25, 0.3) is 5.91 Å². The predicted molar refractivity (Wildman–Crippen MR) is 92.0 cm³/mol. The molecule has 7 heteroatoms. The monoisotopic (exact) mass is 342 g/mol. The quantitative estimate of drug-likeness (QED) is 0.863. The summed E-state index contributed by atoms with van der Waals surface area (Å²) in [4.78, 5) is 23.2. The molecule has 0 bridgehead atoms. The van der Waals surface area contributed by atoms with Crippen molar-refractivity contribution in [1.29, 1.82) is 0 Å². The van der Waals surface area contributed by atoms with Crippen LogP contribution in [0.3, 0.4) is 0 Å². The number of aromatic nitrogens is 2. The van der Waals surface area contributed by atoms with Crippen molar-refractivity contribution in [2.24, 2.45) is 0 Å². The van der Waals surface area contributed by atoms with E-state index in [1.54, 1.807) is 6.20 Å². The van der Waals surface area contributed by atoms with Crippen molar-refractivity contribution in [3.8, 4) is 0 Å². The lowest BCUT2D eigenvalue weighted by Crippen LogP contribution is -2.57. The van der Waals surface area contributed by atoms with Gasteiger partial charge in [0.1, 0.15) is 5.69 Å². The number of hydrogen-bond acceptors (Lipinski definition) is 4. The van der Waals surface area contributed by atoms with E-state index in [0.717, 1.165) is 17.6 Å². The van der Waals surface area contributed by atoms with Crippen molar-refractivity contribution in [3.05, 3.63) is 36.2 Å². The first kappa shape index (κ1) is 18.6. The van der Waals surface area contributed by atoms with Crippen LogP contribution in [0.4, 0.5) is 0 Å². The van der Waals surface area contributed by atoms with Gasteiger partial charge in [-0.25, -0.2) is 4.98 Å². The van der Waals surface area contributed by atoms with Gasteiger partial charge in [-0.3, -0.25) is 9.78 Å². The average molecular weight is 343 g/mol. The van der Waals surface area contributed by atoms with Crippen LogP contribution in [0.1, 0.15) is 24.3 Å². The van der Waals surface area contributed by atoms with Gasteiger partial charge >= 0.3 is 0 Å². The highest BCUT2D eigenvalue weighted by molar-refractivity contribution is 5.94. The Bertz CT molecular complexity index is 652. The van der Waals surface area contributed by atoms with Gasteiger partial charge in [0.05, 0.1) is 17.2 Å². The number of carbonyl (C=O) groups excluding carboxylic acids is 1. The summed E-state index contributed by atoms with van der Waals surface area (Å²) in [6.45, 7) is 5.68. The van der Waals surface area contributed by atoms with Crippen LogP contribution in [0.25, 0.3) is 11.0 Å². The Kier molecular flexibility index (Phi) is 6.53. The van der Waals surface area contributed by atoms with Gasteiger partial charge in [0.15, 0.2) is 0 Å². The number of piperazine rings is 1. The fourth-order valence-corrected chi connectivity index (χ4v) is 2.55. The van der Waals surface area contributed by atoms with E-state index in [4.69, 9.17) is 0 Å². The molecule has 2 heterocycles.